The molecule has 0 saturated heterocycles. The number of amides is 1. The van der Waals surface area contributed by atoms with Crippen LogP contribution in [0.5, 0.6) is 5.75 Å². The second-order valence-electron chi connectivity index (χ2n) is 7.61. The second-order valence-corrected chi connectivity index (χ2v) is 9.47. The van der Waals surface area contributed by atoms with E-state index in [1.807, 2.05) is 39.0 Å². The van der Waals surface area contributed by atoms with Gasteiger partial charge in [-0.15, -0.1) is 0 Å². The van der Waals surface area contributed by atoms with Crippen LogP contribution >= 0.6 is 0 Å². The molecule has 3 rings (SSSR count). The minimum Gasteiger partial charge on any atom is -0.495 e. The van der Waals surface area contributed by atoms with Crippen molar-refractivity contribution in [2.45, 2.75) is 32.1 Å². The van der Waals surface area contributed by atoms with Crippen LogP contribution in [0.15, 0.2) is 71.6 Å². The average molecular weight is 453 g/mol. The summed E-state index contributed by atoms with van der Waals surface area (Å²) in [5.41, 5.74) is 4.12. The number of anilines is 2. The van der Waals surface area contributed by atoms with Crippen molar-refractivity contribution in [3.8, 4) is 5.75 Å². The Morgan fingerprint density at radius 2 is 1.62 bits per heavy atom. The highest BCUT2D eigenvalue weighted by Gasteiger charge is 2.27. The van der Waals surface area contributed by atoms with Crippen LogP contribution in [-0.2, 0) is 14.8 Å². The molecule has 6 nitrogen and oxygen atoms in total. The quantitative estimate of drug-likeness (QED) is 0.530. The smallest absolute Gasteiger partial charge is 0.264 e. The Labute approximate surface area is 189 Å². The topological polar surface area (TPSA) is 75.7 Å². The van der Waals surface area contributed by atoms with Crippen LogP contribution < -0.4 is 14.4 Å². The lowest BCUT2D eigenvalue weighted by atomic mass is 10.1. The van der Waals surface area contributed by atoms with E-state index in [1.54, 1.807) is 48.5 Å². The van der Waals surface area contributed by atoms with Gasteiger partial charge in [-0.3, -0.25) is 9.10 Å². The number of aryl methyl sites for hydroxylation is 2. The summed E-state index contributed by atoms with van der Waals surface area (Å²) in [6.45, 7) is 5.77. The van der Waals surface area contributed by atoms with Gasteiger partial charge in [0.15, 0.2) is 0 Å². The highest BCUT2D eigenvalue weighted by Crippen LogP contribution is 2.32. The van der Waals surface area contributed by atoms with Gasteiger partial charge in [-0.1, -0.05) is 42.0 Å². The first kappa shape index (κ1) is 23.3. The van der Waals surface area contributed by atoms with Crippen LogP contribution in [0.2, 0.25) is 0 Å². The van der Waals surface area contributed by atoms with E-state index in [0.717, 1.165) is 22.4 Å². The first-order valence-corrected chi connectivity index (χ1v) is 11.8. The molecule has 0 aromatic heterocycles. The standard InChI is InChI=1S/C25H28N2O4S/c1-18-12-14-21(15-13-18)32(29,30)27(23-10-5-6-11-24(23)31-4)17-16-25(28)26-22-9-7-8-19(2)20(22)3/h5-15H,16-17H2,1-4H3,(H,26,28). The summed E-state index contributed by atoms with van der Waals surface area (Å²) in [5.74, 6) is 0.149. The lowest BCUT2D eigenvalue weighted by Crippen LogP contribution is -2.34. The highest BCUT2D eigenvalue weighted by atomic mass is 32.2. The maximum atomic E-state index is 13.5. The van der Waals surface area contributed by atoms with Gasteiger partial charge in [-0.05, 0) is 62.2 Å². The number of hydrogen-bond donors (Lipinski definition) is 1. The molecule has 0 heterocycles. The third kappa shape index (κ3) is 5.11. The van der Waals surface area contributed by atoms with Gasteiger partial charge in [0, 0.05) is 18.7 Å². The lowest BCUT2D eigenvalue weighted by molar-refractivity contribution is -0.116. The average Bonchev–Trinajstić information content (AvgIpc) is 2.77. The van der Waals surface area contributed by atoms with E-state index >= 15 is 0 Å². The molecule has 1 N–H and O–H groups in total. The normalized spacial score (nSPS) is 11.1. The minimum atomic E-state index is -3.91. The Morgan fingerprint density at radius 1 is 0.938 bits per heavy atom. The number of hydrogen-bond acceptors (Lipinski definition) is 4. The van der Waals surface area contributed by atoms with Crippen molar-refractivity contribution >= 4 is 27.3 Å². The van der Waals surface area contributed by atoms with Crippen LogP contribution in [0.3, 0.4) is 0 Å². The van der Waals surface area contributed by atoms with Crippen LogP contribution in [-0.4, -0.2) is 28.0 Å². The Hall–Kier alpha value is -3.32. The third-order valence-corrected chi connectivity index (χ3v) is 7.21. The summed E-state index contributed by atoms with van der Waals surface area (Å²) in [5, 5.41) is 2.89. The number of carbonyl (C=O) groups excluding carboxylic acids is 1. The van der Waals surface area contributed by atoms with Gasteiger partial charge < -0.3 is 10.1 Å². The first-order valence-electron chi connectivity index (χ1n) is 10.3. The molecule has 0 spiro atoms. The fraction of sp³-hybridized carbons (Fsp3) is 0.240. The van der Waals surface area contributed by atoms with Crippen molar-refractivity contribution < 1.29 is 17.9 Å². The summed E-state index contributed by atoms with van der Waals surface area (Å²) in [6, 6.07) is 19.2. The van der Waals surface area contributed by atoms with Gasteiger partial charge in [0.05, 0.1) is 17.7 Å². The number of carbonyl (C=O) groups is 1. The molecule has 0 bridgehead atoms. The predicted octanol–water partition coefficient (Wildman–Crippen LogP) is 4.84. The minimum absolute atomic E-state index is 0.0173. The molecule has 0 aliphatic carbocycles. The van der Waals surface area contributed by atoms with Crippen LogP contribution in [0.1, 0.15) is 23.1 Å². The molecule has 0 aliphatic heterocycles. The molecule has 0 unspecified atom stereocenters. The molecular formula is C25H28N2O4S. The van der Waals surface area contributed by atoms with Gasteiger partial charge >= 0.3 is 0 Å². The third-order valence-electron chi connectivity index (χ3n) is 5.38. The number of para-hydroxylation sites is 2. The van der Waals surface area contributed by atoms with Crippen LogP contribution in [0.4, 0.5) is 11.4 Å². The molecule has 0 atom stereocenters. The molecule has 168 valence electrons. The molecular weight excluding hydrogens is 424 g/mol. The molecule has 0 aliphatic rings. The van der Waals surface area contributed by atoms with Gasteiger partial charge in [0.1, 0.15) is 5.75 Å². The number of sulfonamides is 1. The molecule has 32 heavy (non-hydrogen) atoms. The SMILES string of the molecule is COc1ccccc1N(CCC(=O)Nc1cccc(C)c1C)S(=O)(=O)c1ccc(C)cc1. The Kier molecular flexibility index (Phi) is 7.20. The second kappa shape index (κ2) is 9.87. The summed E-state index contributed by atoms with van der Waals surface area (Å²) in [4.78, 5) is 12.9. The van der Waals surface area contributed by atoms with Crippen molar-refractivity contribution in [1.29, 1.82) is 0 Å². The fourth-order valence-electron chi connectivity index (χ4n) is 3.35. The zero-order chi connectivity index (χ0) is 23.3. The Morgan fingerprint density at radius 3 is 2.31 bits per heavy atom. The predicted molar refractivity (Wildman–Crippen MR) is 128 cm³/mol. The van der Waals surface area contributed by atoms with Gasteiger partial charge in [-0.2, -0.15) is 0 Å². The van der Waals surface area contributed by atoms with Gasteiger partial charge in [0.25, 0.3) is 10.0 Å². The zero-order valence-corrected chi connectivity index (χ0v) is 19.6. The Bertz CT molecular complexity index is 1200. The van der Waals surface area contributed by atoms with E-state index in [-0.39, 0.29) is 23.8 Å². The van der Waals surface area contributed by atoms with Crippen molar-refractivity contribution in [2.24, 2.45) is 0 Å². The van der Waals surface area contributed by atoms with Crippen molar-refractivity contribution in [3.63, 3.8) is 0 Å². The maximum absolute atomic E-state index is 13.5. The maximum Gasteiger partial charge on any atom is 0.264 e. The number of ether oxygens (including phenoxy) is 1. The Balaban J connectivity index is 1.90. The monoisotopic (exact) mass is 452 g/mol. The van der Waals surface area contributed by atoms with Crippen LogP contribution in [0.25, 0.3) is 0 Å². The van der Waals surface area contributed by atoms with Gasteiger partial charge in [-0.25, -0.2) is 8.42 Å². The van der Waals surface area contributed by atoms with E-state index in [1.165, 1.54) is 11.4 Å². The van der Waals surface area contributed by atoms with Gasteiger partial charge in [0.2, 0.25) is 5.91 Å². The van der Waals surface area contributed by atoms with Crippen LogP contribution in [0, 0.1) is 20.8 Å². The van der Waals surface area contributed by atoms with Crippen molar-refractivity contribution in [3.05, 3.63) is 83.4 Å². The summed E-state index contributed by atoms with van der Waals surface area (Å²) < 4.78 is 33.7. The van der Waals surface area contributed by atoms with E-state index in [9.17, 15) is 13.2 Å². The summed E-state index contributed by atoms with van der Waals surface area (Å²) >= 11 is 0. The molecule has 0 fully saturated rings. The zero-order valence-electron chi connectivity index (χ0n) is 18.8. The number of methoxy groups -OCH3 is 1. The molecule has 0 radical (unpaired) electrons. The van der Waals surface area contributed by atoms with E-state index in [0.29, 0.717) is 11.4 Å². The number of benzene rings is 3. The molecule has 3 aromatic rings. The number of nitrogens with zero attached hydrogens (tertiary/aromatic N) is 1. The van der Waals surface area contributed by atoms with Crippen molar-refractivity contribution in [1.82, 2.24) is 0 Å². The van der Waals surface area contributed by atoms with E-state index in [2.05, 4.69) is 5.32 Å². The summed E-state index contributed by atoms with van der Waals surface area (Å²) in [7, 11) is -2.42. The molecule has 7 heteroatoms. The lowest BCUT2D eigenvalue weighted by Gasteiger charge is -2.26. The largest absolute Gasteiger partial charge is 0.495 e. The number of nitrogens with one attached hydrogen (secondary N) is 1. The fourth-order valence-corrected chi connectivity index (χ4v) is 4.82. The highest BCUT2D eigenvalue weighted by molar-refractivity contribution is 7.92. The molecule has 0 saturated carbocycles. The molecule has 1 amide bonds. The molecule has 3 aromatic carbocycles. The first-order chi connectivity index (χ1) is 15.2. The number of rotatable bonds is 8. The van der Waals surface area contributed by atoms with E-state index in [4.69, 9.17) is 4.74 Å². The van der Waals surface area contributed by atoms with E-state index < -0.39 is 10.0 Å². The summed E-state index contributed by atoms with van der Waals surface area (Å²) in [6.07, 6.45) is -0.0173. The van der Waals surface area contributed by atoms with Crippen molar-refractivity contribution in [2.75, 3.05) is 23.3 Å².